The van der Waals surface area contributed by atoms with Gasteiger partial charge in [0.1, 0.15) is 5.56 Å². The molecule has 0 saturated heterocycles. The lowest BCUT2D eigenvalue weighted by molar-refractivity contribution is -0.843. The molecular weight excluding hydrogens is 222 g/mol. The van der Waals surface area contributed by atoms with Gasteiger partial charge in [0.15, 0.2) is 7.05 Å². The van der Waals surface area contributed by atoms with Crippen LogP contribution in [0.3, 0.4) is 0 Å². The number of aromatic nitrogens is 1. The van der Waals surface area contributed by atoms with Gasteiger partial charge in [0.2, 0.25) is 12.0 Å². The second kappa shape index (κ2) is 4.49. The Bertz CT molecular complexity index is 584. The van der Waals surface area contributed by atoms with Crippen molar-refractivity contribution in [3.8, 4) is 22.5 Å². The van der Waals surface area contributed by atoms with Gasteiger partial charge in [-0.1, -0.05) is 60.7 Å². The molecule has 1 aromatic heterocycles. The van der Waals surface area contributed by atoms with Crippen LogP contribution in [0.4, 0.5) is 0 Å². The van der Waals surface area contributed by atoms with Gasteiger partial charge in [0.25, 0.3) is 0 Å². The molecular formula is C16H14NO+. The van der Waals surface area contributed by atoms with E-state index in [0.29, 0.717) is 0 Å². The fourth-order valence-electron chi connectivity index (χ4n) is 2.08. The maximum Gasteiger partial charge on any atom is 0.227 e. The summed E-state index contributed by atoms with van der Waals surface area (Å²) in [7, 11) is 1.90. The molecule has 18 heavy (non-hydrogen) atoms. The number of benzene rings is 2. The zero-order valence-corrected chi connectivity index (χ0v) is 10.2. The first kappa shape index (κ1) is 10.8. The third-order valence-electron chi connectivity index (χ3n) is 2.91. The Balaban J connectivity index is 2.17. The Labute approximate surface area is 106 Å². The average Bonchev–Trinajstić information content (AvgIpc) is 2.83. The first-order chi connectivity index (χ1) is 8.84. The molecule has 1 heterocycles. The van der Waals surface area contributed by atoms with Crippen LogP contribution in [-0.4, -0.2) is 0 Å². The average molecular weight is 236 g/mol. The van der Waals surface area contributed by atoms with E-state index in [1.54, 1.807) is 4.74 Å². The molecule has 2 aromatic carbocycles. The largest absolute Gasteiger partial charge is 0.236 e. The Hall–Kier alpha value is -2.35. The van der Waals surface area contributed by atoms with Crippen molar-refractivity contribution in [2.45, 2.75) is 0 Å². The van der Waals surface area contributed by atoms with Crippen molar-refractivity contribution in [1.82, 2.24) is 0 Å². The van der Waals surface area contributed by atoms with Gasteiger partial charge in [-0.15, -0.1) is 0 Å². The highest BCUT2D eigenvalue weighted by Gasteiger charge is 2.18. The van der Waals surface area contributed by atoms with Crippen molar-refractivity contribution in [1.29, 1.82) is 0 Å². The van der Waals surface area contributed by atoms with Gasteiger partial charge in [-0.25, -0.2) is 4.52 Å². The van der Waals surface area contributed by atoms with Crippen molar-refractivity contribution in [3.05, 3.63) is 66.9 Å². The highest BCUT2D eigenvalue weighted by Crippen LogP contribution is 2.30. The molecule has 88 valence electrons. The molecule has 0 saturated carbocycles. The molecule has 2 heteroatoms. The van der Waals surface area contributed by atoms with Gasteiger partial charge >= 0.3 is 0 Å². The summed E-state index contributed by atoms with van der Waals surface area (Å²) in [6.45, 7) is 0. The summed E-state index contributed by atoms with van der Waals surface area (Å²) in [6, 6.07) is 20.5. The van der Waals surface area contributed by atoms with Gasteiger partial charge in [0.05, 0.1) is 0 Å². The van der Waals surface area contributed by atoms with Gasteiger partial charge in [0, 0.05) is 5.56 Å². The summed E-state index contributed by atoms with van der Waals surface area (Å²) in [4.78, 5) is 0. The van der Waals surface area contributed by atoms with Crippen LogP contribution in [0, 0.1) is 0 Å². The molecule has 0 unspecified atom stereocenters. The van der Waals surface area contributed by atoms with Crippen LogP contribution >= 0.6 is 0 Å². The predicted molar refractivity (Wildman–Crippen MR) is 70.8 cm³/mol. The standard InChI is InChI=1S/C16H14NO/c1-17-12-15(13-8-4-2-5-9-13)16(18-17)14-10-6-3-7-11-14/h2-12H,1H3/q+1. The van der Waals surface area contributed by atoms with Crippen molar-refractivity contribution in [3.63, 3.8) is 0 Å². The fraction of sp³-hybridized carbons (Fsp3) is 0.0625. The molecule has 0 spiro atoms. The summed E-state index contributed by atoms with van der Waals surface area (Å²) in [5.74, 6) is 0.907. The highest BCUT2D eigenvalue weighted by molar-refractivity contribution is 5.78. The monoisotopic (exact) mass is 236 g/mol. The third-order valence-corrected chi connectivity index (χ3v) is 2.91. The third kappa shape index (κ3) is 1.93. The number of rotatable bonds is 2. The van der Waals surface area contributed by atoms with E-state index < -0.39 is 0 Å². The van der Waals surface area contributed by atoms with E-state index in [-0.39, 0.29) is 0 Å². The quantitative estimate of drug-likeness (QED) is 0.623. The van der Waals surface area contributed by atoms with E-state index in [9.17, 15) is 0 Å². The SMILES string of the molecule is C[n+]1cc(-c2ccccc2)c(-c2ccccc2)o1. The molecule has 0 bridgehead atoms. The fourth-order valence-corrected chi connectivity index (χ4v) is 2.08. The molecule has 0 N–H and O–H groups in total. The van der Waals surface area contributed by atoms with E-state index in [1.165, 1.54) is 5.56 Å². The lowest BCUT2D eigenvalue weighted by atomic mass is 10.0. The van der Waals surface area contributed by atoms with Gasteiger partial charge in [-0.2, -0.15) is 0 Å². The molecule has 2 nitrogen and oxygen atoms in total. The number of hydrogen-bond donors (Lipinski definition) is 0. The van der Waals surface area contributed by atoms with Crippen molar-refractivity contribution < 1.29 is 9.26 Å². The number of nitrogens with zero attached hydrogens (tertiary/aromatic N) is 1. The molecule has 3 rings (SSSR count). The molecule has 0 fully saturated rings. The molecule has 0 atom stereocenters. The summed E-state index contributed by atoms with van der Waals surface area (Å²) in [5.41, 5.74) is 3.38. The molecule has 0 amide bonds. The summed E-state index contributed by atoms with van der Waals surface area (Å²) in [5, 5.41) is 0. The van der Waals surface area contributed by atoms with E-state index in [2.05, 4.69) is 24.3 Å². The van der Waals surface area contributed by atoms with Crippen LogP contribution in [0.15, 0.2) is 71.4 Å². The van der Waals surface area contributed by atoms with Crippen LogP contribution in [-0.2, 0) is 7.05 Å². The van der Waals surface area contributed by atoms with E-state index >= 15 is 0 Å². The number of aryl methyl sites for hydroxylation is 1. The second-order valence-corrected chi connectivity index (χ2v) is 4.24. The van der Waals surface area contributed by atoms with Crippen molar-refractivity contribution >= 4 is 0 Å². The Morgan fingerprint density at radius 1 is 0.778 bits per heavy atom. The molecule has 0 radical (unpaired) electrons. The maximum atomic E-state index is 5.77. The molecule has 3 aromatic rings. The second-order valence-electron chi connectivity index (χ2n) is 4.24. The topological polar surface area (TPSA) is 17.0 Å². The van der Waals surface area contributed by atoms with Crippen LogP contribution < -0.4 is 4.74 Å². The summed E-state index contributed by atoms with van der Waals surface area (Å²) >= 11 is 0. The minimum Gasteiger partial charge on any atom is -0.236 e. The molecule has 0 aliphatic heterocycles. The normalized spacial score (nSPS) is 10.5. The van der Waals surface area contributed by atoms with Crippen molar-refractivity contribution in [2.24, 2.45) is 7.05 Å². The first-order valence-electron chi connectivity index (χ1n) is 5.95. The van der Waals surface area contributed by atoms with Crippen LogP contribution in [0.25, 0.3) is 22.5 Å². The van der Waals surface area contributed by atoms with Crippen LogP contribution in [0.1, 0.15) is 0 Å². The van der Waals surface area contributed by atoms with E-state index in [4.69, 9.17) is 4.52 Å². The zero-order valence-electron chi connectivity index (χ0n) is 10.2. The zero-order chi connectivity index (χ0) is 12.4. The predicted octanol–water partition coefficient (Wildman–Crippen LogP) is 3.44. The first-order valence-corrected chi connectivity index (χ1v) is 5.95. The van der Waals surface area contributed by atoms with Gasteiger partial charge in [-0.05, 0) is 10.3 Å². The maximum absolute atomic E-state index is 5.77. The minimum atomic E-state index is 0.907. The van der Waals surface area contributed by atoms with Gasteiger partial charge < -0.3 is 0 Å². The Kier molecular flexibility index (Phi) is 2.69. The Morgan fingerprint density at radius 2 is 1.33 bits per heavy atom. The smallest absolute Gasteiger partial charge is 0.227 e. The van der Waals surface area contributed by atoms with Crippen LogP contribution in [0.5, 0.6) is 0 Å². The van der Waals surface area contributed by atoms with Crippen LogP contribution in [0.2, 0.25) is 0 Å². The minimum absolute atomic E-state index is 0.907. The highest BCUT2D eigenvalue weighted by atomic mass is 16.5. The molecule has 0 aliphatic rings. The van der Waals surface area contributed by atoms with E-state index in [1.807, 2.05) is 49.6 Å². The molecule has 0 aliphatic carbocycles. The lowest BCUT2D eigenvalue weighted by Gasteiger charge is -1.98. The van der Waals surface area contributed by atoms with Gasteiger partial charge in [-0.3, -0.25) is 0 Å². The Morgan fingerprint density at radius 3 is 1.94 bits per heavy atom. The van der Waals surface area contributed by atoms with E-state index in [0.717, 1.165) is 16.9 Å². The summed E-state index contributed by atoms with van der Waals surface area (Å²) < 4.78 is 7.51. The summed E-state index contributed by atoms with van der Waals surface area (Å²) in [6.07, 6.45) is 2.01. The lowest BCUT2D eigenvalue weighted by Crippen LogP contribution is -2.22. The van der Waals surface area contributed by atoms with Crippen molar-refractivity contribution in [2.75, 3.05) is 0 Å². The number of hydrogen-bond acceptors (Lipinski definition) is 1.